The molecule has 105 heavy (non-hydrogen) atoms. The minimum atomic E-state index is -1.22. The van der Waals surface area contributed by atoms with Gasteiger partial charge in [0.25, 0.3) is 0 Å². The molecule has 0 radical (unpaired) electrons. The number of ether oxygens (including phenoxy) is 17. The highest BCUT2D eigenvalue weighted by atomic mass is 35.5. The van der Waals surface area contributed by atoms with Crippen LogP contribution in [0.5, 0.6) is 0 Å². The summed E-state index contributed by atoms with van der Waals surface area (Å²) in [5.74, 6) is -2.18. The van der Waals surface area contributed by atoms with Crippen molar-refractivity contribution >= 4 is 17.6 Å². The van der Waals surface area contributed by atoms with E-state index in [1.54, 1.807) is 13.8 Å². The summed E-state index contributed by atoms with van der Waals surface area (Å²) in [4.78, 5) is 10.6. The fourth-order valence-electron chi connectivity index (χ4n) is 13.6. The molecular formula is C76H125ClF4O24. The zero-order valence-electron chi connectivity index (χ0n) is 64.7. The lowest BCUT2D eigenvalue weighted by molar-refractivity contribution is -0.219. The minimum absolute atomic E-state index is 0.0116. The molecule has 10 aliphatic heterocycles. The standard InChI is InChI=1S/C16H22O4.C14H20O4.C9H15FO3.C9H16O4.C8H15FO2.C7H12ClFO.C7H13FO2.C6H12O4/c1-4-12-13(17-10-11-8-6-5-7-9-11)14-15(18-12)20-16(2,3)19-14;1-3-11-13(12(15)14(16-2)18-11)17-9-10-7-5-4-6-8-10;1-4-7-5(2)8(10)9(13-7)12-6(3)11;1-4-5-6(10)7-8(11-5)13-9(2,3)12-7;1-4-6-5(2)7(9)8(10-3)11-6;1-3-5-4(2)6(9)7(8)10-5;1-3-5-4(2)6(8)7(9)10-5;1-2-3-4(7)5(8)6(9)10-3/h5-9,12-15H,4,10H2,1-3H3;4-8,11-15H,3,9H2,1-2H3;5,7-9H,4H2,1-3H3;5-8,10H,4H2,1-3H3;5-8H,4H2,1-3H3;4-7H,3H2,1-2H3;4-7,9H,3H2,1-2H3;3-9H,2H2,1H3/t12-,13+,14?,15+;11-,12?,13+,14?;5-,7+,8?,9+;2*5-,6+,7?,8+;2*4-,5+,6?,7+;3-,4+,5?,6?/m11010001/s1. The fraction of sp³-hybridized carbons (Fsp3) is 0.829. The minimum Gasteiger partial charge on any atom is -0.433 e. The van der Waals surface area contributed by atoms with Crippen LogP contribution >= 0.6 is 11.6 Å². The number of rotatable bonds is 17. The zero-order valence-corrected chi connectivity index (χ0v) is 65.5. The van der Waals surface area contributed by atoms with Crippen LogP contribution in [-0.4, -0.2) is 234 Å². The third kappa shape index (κ3) is 26.1. The van der Waals surface area contributed by atoms with Crippen LogP contribution in [0.1, 0.15) is 180 Å². The maximum absolute atomic E-state index is 13.4. The first-order chi connectivity index (χ1) is 49.6. The number of hydrogen-bond donors (Lipinski definition) is 6. The molecule has 32 atom stereocenters. The van der Waals surface area contributed by atoms with E-state index in [4.69, 9.17) is 108 Å². The number of fused-ring (bicyclic) bond motifs is 2. The lowest BCUT2D eigenvalue weighted by atomic mass is 10.0. The van der Waals surface area contributed by atoms with Gasteiger partial charge in [0.1, 0.15) is 55.0 Å². The van der Waals surface area contributed by atoms with Gasteiger partial charge in [0.15, 0.2) is 73.4 Å². The Morgan fingerprint density at radius 2 is 0.790 bits per heavy atom. The number of carbonyl (C=O) groups excluding carboxylic acids is 1. The van der Waals surface area contributed by atoms with Crippen molar-refractivity contribution in [1.29, 1.82) is 0 Å². The Balaban J connectivity index is 0.000000219. The molecule has 10 saturated heterocycles. The summed E-state index contributed by atoms with van der Waals surface area (Å²) >= 11 is 5.53. The summed E-state index contributed by atoms with van der Waals surface area (Å²) < 4.78 is 144. The Hall–Kier alpha value is -2.96. The van der Waals surface area contributed by atoms with Crippen LogP contribution in [0.3, 0.4) is 0 Å². The van der Waals surface area contributed by atoms with E-state index >= 15 is 0 Å². The Kier molecular flexibility index (Phi) is 39.1. The number of hydrogen-bond acceptors (Lipinski definition) is 24. The molecule has 2 aromatic rings. The van der Waals surface area contributed by atoms with Crippen LogP contribution in [0.4, 0.5) is 17.6 Å². The average molecular weight is 1530 g/mol. The molecule has 0 aromatic heterocycles. The van der Waals surface area contributed by atoms with Gasteiger partial charge in [-0.2, -0.15) is 0 Å². The van der Waals surface area contributed by atoms with Gasteiger partial charge in [-0.15, -0.1) is 0 Å². The number of esters is 1. The normalized spacial score (nSPS) is 41.3. The maximum atomic E-state index is 13.4. The lowest BCUT2D eigenvalue weighted by Crippen LogP contribution is -2.36. The quantitative estimate of drug-likeness (QED) is 0.0487. The van der Waals surface area contributed by atoms with Crippen molar-refractivity contribution < 1.29 is 134 Å². The molecule has 10 heterocycles. The monoisotopic (exact) mass is 1530 g/mol. The second kappa shape index (κ2) is 44.3. The van der Waals surface area contributed by atoms with E-state index in [0.717, 1.165) is 56.1 Å². The van der Waals surface area contributed by atoms with E-state index in [2.05, 4.69) is 23.8 Å². The van der Waals surface area contributed by atoms with Crippen molar-refractivity contribution in [2.75, 3.05) is 14.2 Å². The summed E-state index contributed by atoms with van der Waals surface area (Å²) in [6, 6.07) is 20.0. The number of methoxy groups -OCH3 is 2. The van der Waals surface area contributed by atoms with E-state index in [1.165, 1.54) is 21.1 Å². The number of carbonyl (C=O) groups is 1. The van der Waals surface area contributed by atoms with Crippen molar-refractivity contribution in [3.8, 4) is 0 Å². The number of aliphatic hydroxyl groups is 6. The molecule has 12 rings (SSSR count). The molecule has 10 unspecified atom stereocenters. The van der Waals surface area contributed by atoms with Gasteiger partial charge in [0.2, 0.25) is 6.29 Å². The van der Waals surface area contributed by atoms with Crippen LogP contribution in [0.2, 0.25) is 0 Å². The first-order valence-corrected chi connectivity index (χ1v) is 37.8. The average Bonchev–Trinajstić information content (AvgIpc) is 1.61. The maximum Gasteiger partial charge on any atom is 0.305 e. The van der Waals surface area contributed by atoms with Crippen LogP contribution in [0.25, 0.3) is 0 Å². The van der Waals surface area contributed by atoms with Crippen molar-refractivity contribution in [3.63, 3.8) is 0 Å². The molecule has 0 amide bonds. The number of alkyl halides is 5. The van der Waals surface area contributed by atoms with E-state index in [1.807, 2.05) is 139 Å². The van der Waals surface area contributed by atoms with Gasteiger partial charge in [0.05, 0.1) is 62.0 Å². The van der Waals surface area contributed by atoms with Crippen molar-refractivity contribution in [2.24, 2.45) is 23.7 Å². The number of aliphatic hydroxyl groups excluding tert-OH is 6. The van der Waals surface area contributed by atoms with E-state index < -0.39 is 116 Å². The van der Waals surface area contributed by atoms with Gasteiger partial charge < -0.3 is 111 Å². The summed E-state index contributed by atoms with van der Waals surface area (Å²) in [6.45, 7) is 32.7. The van der Waals surface area contributed by atoms with Gasteiger partial charge in [-0.3, -0.25) is 4.79 Å². The van der Waals surface area contributed by atoms with Gasteiger partial charge in [0, 0.05) is 44.8 Å². The first-order valence-electron chi connectivity index (χ1n) is 37.4. The molecule has 6 N–H and O–H groups in total. The number of halogens is 5. The molecule has 2 aromatic carbocycles. The lowest BCUT2D eigenvalue weighted by Gasteiger charge is -2.25. The third-order valence-corrected chi connectivity index (χ3v) is 20.3. The van der Waals surface area contributed by atoms with E-state index in [0.29, 0.717) is 19.6 Å². The van der Waals surface area contributed by atoms with Crippen LogP contribution < -0.4 is 0 Å². The summed E-state index contributed by atoms with van der Waals surface area (Å²) in [5, 5.41) is 55.6. The largest absolute Gasteiger partial charge is 0.433 e. The molecule has 0 spiro atoms. The highest BCUT2D eigenvalue weighted by Crippen LogP contribution is 2.42. The van der Waals surface area contributed by atoms with Gasteiger partial charge in [-0.1, -0.05) is 155 Å². The highest BCUT2D eigenvalue weighted by Gasteiger charge is 2.56. The summed E-state index contributed by atoms with van der Waals surface area (Å²) in [6.07, 6.45) is -8.61. The molecule has 0 saturated carbocycles. The zero-order chi connectivity index (χ0) is 78.4. The predicted octanol–water partition coefficient (Wildman–Crippen LogP) is 10.9. The first kappa shape index (κ1) is 92.6. The second-order valence-electron chi connectivity index (χ2n) is 28.6. The smallest absolute Gasteiger partial charge is 0.305 e. The Labute approximate surface area is 624 Å². The summed E-state index contributed by atoms with van der Waals surface area (Å²) in [7, 11) is 3.00. The van der Waals surface area contributed by atoms with E-state index in [-0.39, 0.29) is 97.1 Å². The van der Waals surface area contributed by atoms with Gasteiger partial charge >= 0.3 is 5.97 Å². The van der Waals surface area contributed by atoms with Gasteiger partial charge in [-0.05, 0) is 90.2 Å². The Morgan fingerprint density at radius 3 is 1.15 bits per heavy atom. The third-order valence-electron chi connectivity index (χ3n) is 20.0. The van der Waals surface area contributed by atoms with Gasteiger partial charge in [-0.25, -0.2) is 17.6 Å². The van der Waals surface area contributed by atoms with Crippen molar-refractivity contribution in [2.45, 2.75) is 366 Å². The fourth-order valence-corrected chi connectivity index (χ4v) is 14.0. The van der Waals surface area contributed by atoms with Crippen LogP contribution in [0, 0.1) is 23.7 Å². The van der Waals surface area contributed by atoms with Crippen LogP contribution in [-0.2, 0) is 98.5 Å². The van der Waals surface area contributed by atoms with Crippen molar-refractivity contribution in [3.05, 3.63) is 71.8 Å². The highest BCUT2D eigenvalue weighted by molar-refractivity contribution is 6.20. The molecule has 10 fully saturated rings. The summed E-state index contributed by atoms with van der Waals surface area (Å²) in [5.41, 5.74) is 1.52. The van der Waals surface area contributed by atoms with Crippen molar-refractivity contribution in [1.82, 2.24) is 0 Å². The SMILES string of the molecule is CC[C@H]1OC(O)C(O)[C@H]1O.CC[C@H]1OC(OC)C(O)[C@H]1OCc1ccccc1.CC[C@H]1O[C@@H](Cl)C(F)[C@H]1C.CC[C@H]1O[C@@H](O)C(F)[C@H]1C.CC[C@H]1O[C@@H](OC(C)=O)C(F)[C@H]1C.CC[C@H]1O[C@@H](OC)C(F)[C@H]1C.CC[C@H]1O[C@H]2OC(C)(C)OC2[C@H]1O.CC[C@H]1O[C@H]2OC(C)(C)OC2[C@H]1OCc1ccccc1. The Morgan fingerprint density at radius 1 is 0.419 bits per heavy atom. The molecule has 29 heteroatoms. The molecule has 10 aliphatic rings. The topological polar surface area (TPSA) is 295 Å². The molecule has 608 valence electrons. The molecule has 0 aliphatic carbocycles. The molecular weight excluding hydrogens is 1410 g/mol. The Bertz CT molecular complexity index is 2630. The second-order valence-corrected chi connectivity index (χ2v) is 29.0. The van der Waals surface area contributed by atoms with E-state index in [9.17, 15) is 32.6 Å². The predicted molar refractivity (Wildman–Crippen MR) is 378 cm³/mol. The molecule has 0 bridgehead atoms. The molecule has 24 nitrogen and oxygen atoms in total. The van der Waals surface area contributed by atoms with Crippen LogP contribution in [0.15, 0.2) is 60.7 Å². The number of benzene rings is 2.